The van der Waals surface area contributed by atoms with Gasteiger partial charge in [0.05, 0.1) is 17.9 Å². The second kappa shape index (κ2) is 7.44. The van der Waals surface area contributed by atoms with Gasteiger partial charge in [-0.15, -0.1) is 0 Å². The third-order valence-electron chi connectivity index (χ3n) is 2.85. The molecule has 1 fully saturated rings. The lowest BCUT2D eigenvalue weighted by atomic mass is 10.3. The Kier molecular flexibility index (Phi) is 5.59. The summed E-state index contributed by atoms with van der Waals surface area (Å²) < 4.78 is 0. The zero-order valence-corrected chi connectivity index (χ0v) is 13.5. The maximum Gasteiger partial charge on any atom is 0.251 e. The molecule has 8 heteroatoms. The van der Waals surface area contributed by atoms with Gasteiger partial charge in [0.15, 0.2) is 5.16 Å². The van der Waals surface area contributed by atoms with E-state index >= 15 is 0 Å². The van der Waals surface area contributed by atoms with Crippen molar-refractivity contribution in [2.45, 2.75) is 50.4 Å². The highest BCUT2D eigenvalue weighted by molar-refractivity contribution is 7.99. The van der Waals surface area contributed by atoms with Crippen molar-refractivity contribution in [3.8, 4) is 0 Å². The molecule has 0 aliphatic heterocycles. The molecule has 0 atom stereocenters. The van der Waals surface area contributed by atoms with Crippen LogP contribution in [-0.4, -0.2) is 39.6 Å². The molecule has 0 radical (unpaired) electrons. The summed E-state index contributed by atoms with van der Waals surface area (Å²) >= 11 is 1.14. The number of aromatic amines is 1. The number of thioether (sulfide) groups is 1. The van der Waals surface area contributed by atoms with Gasteiger partial charge >= 0.3 is 0 Å². The molecule has 7 nitrogen and oxygen atoms in total. The third kappa shape index (κ3) is 5.88. The van der Waals surface area contributed by atoms with Crippen molar-refractivity contribution >= 4 is 23.6 Å². The SMILES string of the molecule is CC(C)NC(=O)CSc1nc(CC(=O)NC2CC2)cc(=O)[nH]1. The zero-order valence-electron chi connectivity index (χ0n) is 12.6. The molecule has 1 saturated carbocycles. The molecule has 0 bridgehead atoms. The van der Waals surface area contributed by atoms with Crippen LogP contribution in [0.15, 0.2) is 16.0 Å². The van der Waals surface area contributed by atoms with Gasteiger partial charge < -0.3 is 15.6 Å². The molecule has 120 valence electrons. The molecule has 3 N–H and O–H groups in total. The van der Waals surface area contributed by atoms with E-state index in [1.54, 1.807) is 0 Å². The van der Waals surface area contributed by atoms with Crippen molar-refractivity contribution < 1.29 is 9.59 Å². The van der Waals surface area contributed by atoms with Crippen LogP contribution in [0.4, 0.5) is 0 Å². The van der Waals surface area contributed by atoms with Crippen molar-refractivity contribution in [3.63, 3.8) is 0 Å². The molecule has 0 aromatic carbocycles. The highest BCUT2D eigenvalue weighted by Gasteiger charge is 2.23. The van der Waals surface area contributed by atoms with Gasteiger partial charge in [0.1, 0.15) is 0 Å². The Morgan fingerprint density at radius 1 is 1.41 bits per heavy atom. The summed E-state index contributed by atoms with van der Waals surface area (Å²) in [6.45, 7) is 3.75. The molecule has 1 aromatic heterocycles. The quantitative estimate of drug-likeness (QED) is 0.491. The lowest BCUT2D eigenvalue weighted by Crippen LogP contribution is -2.31. The van der Waals surface area contributed by atoms with Gasteiger partial charge in [0.25, 0.3) is 5.56 Å². The number of carbonyl (C=O) groups excluding carboxylic acids is 2. The van der Waals surface area contributed by atoms with Crippen molar-refractivity contribution in [1.29, 1.82) is 0 Å². The first kappa shape index (κ1) is 16.5. The van der Waals surface area contributed by atoms with E-state index in [2.05, 4.69) is 20.6 Å². The fourth-order valence-corrected chi connectivity index (χ4v) is 2.52. The van der Waals surface area contributed by atoms with Crippen LogP contribution in [0, 0.1) is 0 Å². The number of carbonyl (C=O) groups is 2. The second-order valence-corrected chi connectivity index (χ2v) is 6.54. The van der Waals surface area contributed by atoms with Gasteiger partial charge in [0.2, 0.25) is 11.8 Å². The van der Waals surface area contributed by atoms with Crippen LogP contribution in [0.2, 0.25) is 0 Å². The summed E-state index contributed by atoms with van der Waals surface area (Å²) in [5.74, 6) is -0.0904. The summed E-state index contributed by atoms with van der Waals surface area (Å²) in [7, 11) is 0. The van der Waals surface area contributed by atoms with Gasteiger partial charge in [-0.25, -0.2) is 4.98 Å². The normalized spacial score (nSPS) is 14.0. The summed E-state index contributed by atoms with van der Waals surface area (Å²) in [6.07, 6.45) is 2.10. The fourth-order valence-electron chi connectivity index (χ4n) is 1.81. The van der Waals surface area contributed by atoms with E-state index in [1.165, 1.54) is 6.07 Å². The number of H-pyrrole nitrogens is 1. The highest BCUT2D eigenvalue weighted by Crippen LogP contribution is 2.18. The fraction of sp³-hybridized carbons (Fsp3) is 0.571. The van der Waals surface area contributed by atoms with E-state index < -0.39 is 0 Å². The monoisotopic (exact) mass is 324 g/mol. The van der Waals surface area contributed by atoms with E-state index in [0.29, 0.717) is 10.9 Å². The Morgan fingerprint density at radius 2 is 2.14 bits per heavy atom. The maximum atomic E-state index is 11.7. The third-order valence-corrected chi connectivity index (χ3v) is 3.72. The van der Waals surface area contributed by atoms with Crippen molar-refractivity contribution in [2.24, 2.45) is 0 Å². The smallest absolute Gasteiger partial charge is 0.251 e. The van der Waals surface area contributed by atoms with Gasteiger partial charge in [-0.1, -0.05) is 11.8 Å². The summed E-state index contributed by atoms with van der Waals surface area (Å²) in [5, 5.41) is 5.96. The Bertz CT molecular complexity index is 610. The first-order chi connectivity index (χ1) is 10.4. The molecule has 2 amide bonds. The Morgan fingerprint density at radius 3 is 2.77 bits per heavy atom. The summed E-state index contributed by atoms with van der Waals surface area (Å²) in [4.78, 5) is 41.7. The van der Waals surface area contributed by atoms with Gasteiger partial charge in [0, 0.05) is 18.2 Å². The van der Waals surface area contributed by atoms with Crippen LogP contribution in [0.1, 0.15) is 32.4 Å². The molecule has 1 aliphatic carbocycles. The van der Waals surface area contributed by atoms with E-state index in [0.717, 1.165) is 24.6 Å². The Balaban J connectivity index is 1.92. The predicted octanol–water partition coefficient (Wildman–Crippen LogP) is 0.208. The number of rotatable bonds is 7. The molecule has 22 heavy (non-hydrogen) atoms. The van der Waals surface area contributed by atoms with Crippen LogP contribution in [0.25, 0.3) is 0 Å². The molecular weight excluding hydrogens is 304 g/mol. The first-order valence-corrected chi connectivity index (χ1v) is 8.22. The summed E-state index contributed by atoms with van der Waals surface area (Å²) in [6, 6.07) is 1.66. The average Bonchev–Trinajstić information content (AvgIpc) is 3.18. The van der Waals surface area contributed by atoms with Crippen LogP contribution in [0.5, 0.6) is 0 Å². The molecular formula is C14H20N4O3S. The molecule has 2 rings (SSSR count). The van der Waals surface area contributed by atoms with E-state index in [9.17, 15) is 14.4 Å². The van der Waals surface area contributed by atoms with Crippen LogP contribution in [0.3, 0.4) is 0 Å². The van der Waals surface area contributed by atoms with E-state index in [1.807, 2.05) is 13.8 Å². The van der Waals surface area contributed by atoms with Gasteiger partial charge in [-0.3, -0.25) is 14.4 Å². The first-order valence-electron chi connectivity index (χ1n) is 7.24. The molecule has 0 unspecified atom stereocenters. The minimum atomic E-state index is -0.323. The number of hydrogen-bond acceptors (Lipinski definition) is 5. The highest BCUT2D eigenvalue weighted by atomic mass is 32.2. The van der Waals surface area contributed by atoms with Gasteiger partial charge in [-0.2, -0.15) is 0 Å². The maximum absolute atomic E-state index is 11.7. The van der Waals surface area contributed by atoms with Crippen molar-refractivity contribution in [3.05, 3.63) is 22.1 Å². The van der Waals surface area contributed by atoms with E-state index in [-0.39, 0.29) is 41.6 Å². The van der Waals surface area contributed by atoms with E-state index in [4.69, 9.17) is 0 Å². The minimum Gasteiger partial charge on any atom is -0.353 e. The number of nitrogens with zero attached hydrogens (tertiary/aromatic N) is 1. The topological polar surface area (TPSA) is 104 Å². The van der Waals surface area contributed by atoms with Crippen molar-refractivity contribution in [1.82, 2.24) is 20.6 Å². The van der Waals surface area contributed by atoms with Crippen molar-refractivity contribution in [2.75, 3.05) is 5.75 Å². The second-order valence-electron chi connectivity index (χ2n) is 5.57. The lowest BCUT2D eigenvalue weighted by Gasteiger charge is -2.08. The number of hydrogen-bond donors (Lipinski definition) is 3. The molecule has 0 saturated heterocycles. The largest absolute Gasteiger partial charge is 0.353 e. The minimum absolute atomic E-state index is 0.0672. The number of amides is 2. The number of nitrogens with one attached hydrogen (secondary N) is 3. The number of aromatic nitrogens is 2. The van der Waals surface area contributed by atoms with Crippen LogP contribution < -0.4 is 16.2 Å². The molecule has 1 heterocycles. The standard InChI is InChI=1S/C14H20N4O3S/c1-8(2)15-13(21)7-22-14-17-10(6-12(20)18-14)5-11(19)16-9-3-4-9/h6,8-9H,3-5,7H2,1-2H3,(H,15,21)(H,16,19)(H,17,18,20). The summed E-state index contributed by atoms with van der Waals surface area (Å²) in [5.41, 5.74) is 0.0876. The van der Waals surface area contributed by atoms with Gasteiger partial charge in [-0.05, 0) is 26.7 Å². The lowest BCUT2D eigenvalue weighted by molar-refractivity contribution is -0.121. The Labute approximate surface area is 132 Å². The average molecular weight is 324 g/mol. The van der Waals surface area contributed by atoms with Crippen LogP contribution >= 0.6 is 11.8 Å². The van der Waals surface area contributed by atoms with Crippen LogP contribution in [-0.2, 0) is 16.0 Å². The Hall–Kier alpha value is -1.83. The molecule has 1 aliphatic rings. The molecule has 1 aromatic rings. The predicted molar refractivity (Wildman–Crippen MR) is 83.7 cm³/mol. The molecule has 0 spiro atoms. The zero-order chi connectivity index (χ0) is 16.1.